The molecule has 0 aromatic heterocycles. The fourth-order valence-electron chi connectivity index (χ4n) is 9.61. The summed E-state index contributed by atoms with van der Waals surface area (Å²) >= 11 is 0. The van der Waals surface area contributed by atoms with Gasteiger partial charge in [0.1, 0.15) is 18.8 Å². The van der Waals surface area contributed by atoms with E-state index < -0.39 is 67.3 Å². The zero-order chi connectivity index (χ0) is 57.5. The molecule has 79 heavy (non-hydrogen) atoms. The van der Waals surface area contributed by atoms with Crippen molar-refractivity contribution in [2.75, 3.05) is 13.2 Å². The van der Waals surface area contributed by atoms with Gasteiger partial charge in [-0.05, 0) is 103 Å². The number of aliphatic hydroxyl groups is 2. The Hall–Kier alpha value is -3.58. The van der Waals surface area contributed by atoms with E-state index in [-0.39, 0.29) is 25.9 Å². The van der Waals surface area contributed by atoms with Crippen molar-refractivity contribution < 1.29 is 58.2 Å². The van der Waals surface area contributed by atoms with Crippen LogP contribution in [0.4, 0.5) is 0 Å². The normalized spacial score (nSPS) is 18.2. The second-order valence-electron chi connectivity index (χ2n) is 22.0. The van der Waals surface area contributed by atoms with Crippen LogP contribution in [0.1, 0.15) is 290 Å². The molecule has 0 bridgehead atoms. The Morgan fingerprint density at radius 2 is 0.797 bits per heavy atom. The fourth-order valence-corrected chi connectivity index (χ4v) is 9.61. The van der Waals surface area contributed by atoms with Gasteiger partial charge in [0.25, 0.3) is 0 Å². The monoisotopic (exact) mass is 1110 g/mol. The number of allylic oxidation sites excluding steroid dienone is 10. The van der Waals surface area contributed by atoms with Crippen LogP contribution >= 0.6 is 0 Å². The molecule has 0 aromatic rings. The lowest BCUT2D eigenvalue weighted by Gasteiger charge is -2.40. The van der Waals surface area contributed by atoms with Gasteiger partial charge in [0.2, 0.25) is 0 Å². The van der Waals surface area contributed by atoms with Crippen LogP contribution in [0.3, 0.4) is 0 Å². The summed E-state index contributed by atoms with van der Waals surface area (Å²) in [5.41, 5.74) is 0. The van der Waals surface area contributed by atoms with Crippen LogP contribution in [-0.4, -0.2) is 89.2 Å². The van der Waals surface area contributed by atoms with Crippen molar-refractivity contribution in [1.82, 2.24) is 0 Å². The van der Waals surface area contributed by atoms with E-state index in [9.17, 15) is 34.5 Å². The Labute approximate surface area is 481 Å². The van der Waals surface area contributed by atoms with Gasteiger partial charge in [0, 0.05) is 19.3 Å². The van der Waals surface area contributed by atoms with Crippen LogP contribution in [0.2, 0.25) is 0 Å². The SMILES string of the molecule is CC/C=C\C/C=C\C/C=C\CCCCCCCCCC(=O)OC(COC(=O)CCCCCCCCCCC/C=C\CCCCCCCC)COC1OC(C(=O)O)C(O)C(O)C1OC(=O)CCCCCCC/C=C\CCCCCC. The van der Waals surface area contributed by atoms with E-state index in [1.165, 1.54) is 109 Å². The average Bonchev–Trinajstić information content (AvgIpc) is 3.46. The molecule has 12 nitrogen and oxygen atoms in total. The van der Waals surface area contributed by atoms with Crippen molar-refractivity contribution in [3.05, 3.63) is 60.8 Å². The highest BCUT2D eigenvalue weighted by Gasteiger charge is 2.50. The molecule has 1 saturated heterocycles. The third-order valence-corrected chi connectivity index (χ3v) is 14.5. The van der Waals surface area contributed by atoms with Crippen molar-refractivity contribution in [2.24, 2.45) is 0 Å². The number of carboxylic acid groups (broad SMARTS) is 1. The number of ether oxygens (including phenoxy) is 5. The van der Waals surface area contributed by atoms with Gasteiger partial charge < -0.3 is 39.0 Å². The maximum atomic E-state index is 13.2. The lowest BCUT2D eigenvalue weighted by molar-refractivity contribution is -0.301. The summed E-state index contributed by atoms with van der Waals surface area (Å²) in [6.07, 6.45) is 56.1. The zero-order valence-electron chi connectivity index (χ0n) is 50.4. The van der Waals surface area contributed by atoms with Crippen molar-refractivity contribution in [1.29, 1.82) is 0 Å². The molecule has 1 fully saturated rings. The topological polar surface area (TPSA) is 175 Å². The van der Waals surface area contributed by atoms with Crippen molar-refractivity contribution in [3.63, 3.8) is 0 Å². The number of carbonyl (C=O) groups is 4. The Morgan fingerprint density at radius 1 is 0.430 bits per heavy atom. The van der Waals surface area contributed by atoms with Gasteiger partial charge in [0.05, 0.1) is 6.61 Å². The quantitative estimate of drug-likeness (QED) is 0.0228. The number of hydrogen-bond donors (Lipinski definition) is 3. The molecule has 1 aliphatic rings. The molecule has 1 aliphatic heterocycles. The van der Waals surface area contributed by atoms with Crippen LogP contribution in [0.15, 0.2) is 60.8 Å². The van der Waals surface area contributed by atoms with Crippen LogP contribution < -0.4 is 0 Å². The largest absolute Gasteiger partial charge is 0.479 e. The molecule has 0 spiro atoms. The van der Waals surface area contributed by atoms with Gasteiger partial charge in [0.15, 0.2) is 24.6 Å². The number of carbonyl (C=O) groups excluding carboxylic acids is 3. The second kappa shape index (κ2) is 55.0. The molecule has 6 atom stereocenters. The summed E-state index contributed by atoms with van der Waals surface area (Å²) in [5, 5.41) is 31.5. The lowest BCUT2D eigenvalue weighted by atomic mass is 9.98. The molecule has 0 amide bonds. The van der Waals surface area contributed by atoms with Gasteiger partial charge in [-0.15, -0.1) is 0 Å². The second-order valence-corrected chi connectivity index (χ2v) is 22.0. The van der Waals surface area contributed by atoms with Gasteiger partial charge in [-0.25, -0.2) is 4.79 Å². The third-order valence-electron chi connectivity index (χ3n) is 14.5. The smallest absolute Gasteiger partial charge is 0.335 e. The first-order chi connectivity index (χ1) is 38.6. The predicted octanol–water partition coefficient (Wildman–Crippen LogP) is 17.1. The van der Waals surface area contributed by atoms with Crippen molar-refractivity contribution in [3.8, 4) is 0 Å². The van der Waals surface area contributed by atoms with Crippen LogP contribution in [-0.2, 0) is 42.9 Å². The first-order valence-electron chi connectivity index (χ1n) is 32.3. The molecule has 1 heterocycles. The van der Waals surface area contributed by atoms with Crippen LogP contribution in [0, 0.1) is 0 Å². The number of hydrogen-bond acceptors (Lipinski definition) is 11. The number of unbranched alkanes of at least 4 members (excludes halogenated alkanes) is 31. The number of esters is 3. The molecular formula is C67H116O12. The van der Waals surface area contributed by atoms with Gasteiger partial charge in [-0.2, -0.15) is 0 Å². The van der Waals surface area contributed by atoms with Gasteiger partial charge >= 0.3 is 23.9 Å². The van der Waals surface area contributed by atoms with Crippen LogP contribution in [0.25, 0.3) is 0 Å². The van der Waals surface area contributed by atoms with E-state index in [1.807, 2.05) is 0 Å². The van der Waals surface area contributed by atoms with Crippen LogP contribution in [0.5, 0.6) is 0 Å². The van der Waals surface area contributed by atoms with E-state index >= 15 is 0 Å². The zero-order valence-corrected chi connectivity index (χ0v) is 50.4. The summed E-state index contributed by atoms with van der Waals surface area (Å²) in [4.78, 5) is 51.3. The molecule has 0 saturated carbocycles. The molecular weight excluding hydrogens is 997 g/mol. The Morgan fingerprint density at radius 3 is 1.24 bits per heavy atom. The summed E-state index contributed by atoms with van der Waals surface area (Å²) < 4.78 is 28.5. The minimum absolute atomic E-state index is 0.0493. The minimum Gasteiger partial charge on any atom is -0.479 e. The number of aliphatic hydroxyl groups excluding tert-OH is 2. The van der Waals surface area contributed by atoms with E-state index in [0.717, 1.165) is 122 Å². The molecule has 0 radical (unpaired) electrons. The van der Waals surface area contributed by atoms with Crippen molar-refractivity contribution in [2.45, 2.75) is 327 Å². The van der Waals surface area contributed by atoms with Gasteiger partial charge in [-0.3, -0.25) is 14.4 Å². The molecule has 1 rings (SSSR count). The fraction of sp³-hybridized carbons (Fsp3) is 0.791. The highest BCUT2D eigenvalue weighted by molar-refractivity contribution is 5.74. The summed E-state index contributed by atoms with van der Waals surface area (Å²) in [5.74, 6) is -3.13. The highest BCUT2D eigenvalue weighted by Crippen LogP contribution is 2.27. The molecule has 0 aliphatic carbocycles. The third kappa shape index (κ3) is 44.7. The van der Waals surface area contributed by atoms with Gasteiger partial charge in [-0.1, -0.05) is 229 Å². The molecule has 456 valence electrons. The van der Waals surface area contributed by atoms with Crippen molar-refractivity contribution >= 4 is 23.9 Å². The Bertz CT molecular complexity index is 1600. The first-order valence-corrected chi connectivity index (χ1v) is 32.3. The number of aliphatic carboxylic acids is 1. The number of carboxylic acids is 1. The predicted molar refractivity (Wildman–Crippen MR) is 322 cm³/mol. The standard InChI is InChI=1S/C67H116O12/c1-4-7-10-13-16-19-22-25-27-29-30-32-33-36-38-41-44-47-50-53-59(68)75-56-58(77-60(69)54-51-48-45-42-40-37-34-31-28-26-23-20-17-14-11-8-5-2)57-76-67-65(63(72)62(71)64(79-67)66(73)74)78-61(70)55-52-49-46-43-39-35-24-21-18-15-12-9-6-3/h8,11,17,20-21,24-28,58,62-65,67,71-72H,4-7,9-10,12-16,18-19,22-23,29-57H2,1-3H3,(H,73,74)/b11-8-,20-17-,24-21-,27-25-,28-26-. The number of rotatable bonds is 55. The molecule has 6 unspecified atom stereocenters. The lowest BCUT2D eigenvalue weighted by Crippen LogP contribution is -2.61. The van der Waals surface area contributed by atoms with E-state index in [0.29, 0.717) is 19.3 Å². The first kappa shape index (κ1) is 73.4. The molecule has 0 aromatic carbocycles. The Kier molecular flexibility index (Phi) is 51.1. The maximum absolute atomic E-state index is 13.2. The molecule has 12 heteroatoms. The van der Waals surface area contributed by atoms with E-state index in [4.69, 9.17) is 23.7 Å². The van der Waals surface area contributed by atoms with E-state index in [2.05, 4.69) is 81.5 Å². The maximum Gasteiger partial charge on any atom is 0.335 e. The average molecular weight is 1110 g/mol. The molecule has 3 N–H and O–H groups in total. The highest BCUT2D eigenvalue weighted by atomic mass is 16.7. The summed E-state index contributed by atoms with van der Waals surface area (Å²) in [6, 6.07) is 0. The minimum atomic E-state index is -1.91. The summed E-state index contributed by atoms with van der Waals surface area (Å²) in [6.45, 7) is 5.88. The van der Waals surface area contributed by atoms with E-state index in [1.54, 1.807) is 0 Å². The Balaban J connectivity index is 2.66. The summed E-state index contributed by atoms with van der Waals surface area (Å²) in [7, 11) is 0.